The predicted octanol–water partition coefficient (Wildman–Crippen LogP) is 3.42. The smallest absolute Gasteiger partial charge is 0.236 e. The van der Waals surface area contributed by atoms with Crippen LogP contribution in [0.1, 0.15) is 30.2 Å². The van der Waals surface area contributed by atoms with Crippen LogP contribution in [-0.2, 0) is 9.53 Å². The maximum atomic E-state index is 13.1. The molecule has 0 spiro atoms. The third-order valence-corrected chi connectivity index (χ3v) is 5.01. The summed E-state index contributed by atoms with van der Waals surface area (Å²) in [6, 6.07) is 16.4. The van der Waals surface area contributed by atoms with E-state index in [-0.39, 0.29) is 23.9 Å². The van der Waals surface area contributed by atoms with Crippen LogP contribution < -0.4 is 0 Å². The molecule has 1 aliphatic rings. The van der Waals surface area contributed by atoms with Gasteiger partial charge in [-0.15, -0.1) is 0 Å². The molecule has 1 heterocycles. The Bertz CT molecular complexity index is 721. The predicted molar refractivity (Wildman–Crippen MR) is 99.2 cm³/mol. The van der Waals surface area contributed by atoms with E-state index in [0.717, 1.165) is 17.7 Å². The summed E-state index contributed by atoms with van der Waals surface area (Å²) < 4.78 is 18.9. The number of nitrogens with zero attached hydrogens (tertiary/aromatic N) is 2. The van der Waals surface area contributed by atoms with Gasteiger partial charge < -0.3 is 9.64 Å². The molecule has 138 valence electrons. The molecule has 26 heavy (non-hydrogen) atoms. The molecule has 2 atom stereocenters. The highest BCUT2D eigenvalue weighted by molar-refractivity contribution is 5.78. The van der Waals surface area contributed by atoms with E-state index in [9.17, 15) is 9.18 Å². The summed E-state index contributed by atoms with van der Waals surface area (Å²) in [7, 11) is 1.85. The summed E-state index contributed by atoms with van der Waals surface area (Å²) >= 11 is 0. The maximum Gasteiger partial charge on any atom is 0.236 e. The van der Waals surface area contributed by atoms with Crippen LogP contribution in [0.15, 0.2) is 54.6 Å². The zero-order chi connectivity index (χ0) is 18.5. The van der Waals surface area contributed by atoms with Gasteiger partial charge in [0.1, 0.15) is 5.82 Å². The number of hydrogen-bond acceptors (Lipinski definition) is 3. The lowest BCUT2D eigenvalue weighted by Crippen LogP contribution is -2.45. The highest BCUT2D eigenvalue weighted by Gasteiger charge is 2.26. The summed E-state index contributed by atoms with van der Waals surface area (Å²) in [6.45, 7) is 4.30. The number of likely N-dealkylation sites (N-methyl/N-ethyl adjacent to an activating group) is 1. The Morgan fingerprint density at radius 3 is 2.62 bits per heavy atom. The molecule has 2 aromatic rings. The first-order valence-corrected chi connectivity index (χ1v) is 8.94. The standard InChI is InChI=1S/C21H25FN2O2/c1-16(17-6-4-3-5-7-17)23(2)21(25)15-24-12-13-26-20(14-24)18-8-10-19(22)11-9-18/h3-11,16,20H,12-15H2,1-2H3. The topological polar surface area (TPSA) is 32.8 Å². The van der Waals surface area contributed by atoms with Crippen molar-refractivity contribution in [2.45, 2.75) is 19.1 Å². The monoisotopic (exact) mass is 356 g/mol. The maximum absolute atomic E-state index is 13.1. The van der Waals surface area contributed by atoms with Crippen molar-refractivity contribution in [1.82, 2.24) is 9.80 Å². The molecule has 3 rings (SSSR count). The first kappa shape index (κ1) is 18.5. The first-order valence-electron chi connectivity index (χ1n) is 8.94. The van der Waals surface area contributed by atoms with E-state index in [2.05, 4.69) is 4.90 Å². The Balaban J connectivity index is 1.59. The number of halogens is 1. The number of carbonyl (C=O) groups is 1. The molecule has 0 radical (unpaired) electrons. The highest BCUT2D eigenvalue weighted by atomic mass is 19.1. The van der Waals surface area contributed by atoms with Crippen LogP contribution in [0.4, 0.5) is 4.39 Å². The Labute approximate surface area is 154 Å². The Morgan fingerprint density at radius 2 is 1.92 bits per heavy atom. The van der Waals surface area contributed by atoms with Crippen molar-refractivity contribution in [1.29, 1.82) is 0 Å². The second kappa shape index (κ2) is 8.43. The van der Waals surface area contributed by atoms with Gasteiger partial charge in [0.05, 0.1) is 25.3 Å². The molecule has 0 saturated carbocycles. The van der Waals surface area contributed by atoms with Gasteiger partial charge in [-0.05, 0) is 30.2 Å². The van der Waals surface area contributed by atoms with E-state index < -0.39 is 0 Å². The molecule has 2 aromatic carbocycles. The molecule has 4 nitrogen and oxygen atoms in total. The van der Waals surface area contributed by atoms with Gasteiger partial charge in [-0.25, -0.2) is 4.39 Å². The number of amides is 1. The first-order chi connectivity index (χ1) is 12.5. The number of ether oxygens (including phenoxy) is 1. The van der Waals surface area contributed by atoms with Gasteiger partial charge in [0.25, 0.3) is 0 Å². The molecule has 0 bridgehead atoms. The van der Waals surface area contributed by atoms with Crippen LogP contribution in [0, 0.1) is 5.82 Å². The lowest BCUT2D eigenvalue weighted by atomic mass is 10.1. The van der Waals surface area contributed by atoms with Gasteiger partial charge in [-0.2, -0.15) is 0 Å². The summed E-state index contributed by atoms with van der Waals surface area (Å²) in [6.07, 6.45) is -0.131. The Morgan fingerprint density at radius 1 is 1.23 bits per heavy atom. The van der Waals surface area contributed by atoms with Crippen molar-refractivity contribution in [3.63, 3.8) is 0 Å². The lowest BCUT2D eigenvalue weighted by molar-refractivity contribution is -0.135. The van der Waals surface area contributed by atoms with Crippen molar-refractivity contribution in [3.05, 3.63) is 71.5 Å². The van der Waals surface area contributed by atoms with Crippen molar-refractivity contribution in [2.75, 3.05) is 33.3 Å². The van der Waals surface area contributed by atoms with E-state index in [1.165, 1.54) is 12.1 Å². The lowest BCUT2D eigenvalue weighted by Gasteiger charge is -2.34. The minimum Gasteiger partial charge on any atom is -0.371 e. The minimum absolute atomic E-state index is 0.0256. The van der Waals surface area contributed by atoms with Crippen LogP contribution >= 0.6 is 0 Å². The van der Waals surface area contributed by atoms with Crippen LogP contribution in [0.3, 0.4) is 0 Å². The normalized spacial score (nSPS) is 19.1. The van der Waals surface area contributed by atoms with E-state index in [4.69, 9.17) is 4.74 Å². The van der Waals surface area contributed by atoms with Crippen LogP contribution in [0.5, 0.6) is 0 Å². The largest absolute Gasteiger partial charge is 0.371 e. The van der Waals surface area contributed by atoms with Crippen LogP contribution in [0.25, 0.3) is 0 Å². The molecule has 1 amide bonds. The van der Waals surface area contributed by atoms with Crippen LogP contribution in [0.2, 0.25) is 0 Å². The Hall–Kier alpha value is -2.24. The van der Waals surface area contributed by atoms with Crippen molar-refractivity contribution in [3.8, 4) is 0 Å². The fraction of sp³-hybridized carbons (Fsp3) is 0.381. The number of benzene rings is 2. The van der Waals surface area contributed by atoms with Gasteiger partial charge in [-0.3, -0.25) is 9.69 Å². The summed E-state index contributed by atoms with van der Waals surface area (Å²) in [5.74, 6) is -0.172. The van der Waals surface area contributed by atoms with Gasteiger partial charge in [0.15, 0.2) is 0 Å². The highest BCUT2D eigenvalue weighted by Crippen LogP contribution is 2.23. The molecular formula is C21H25FN2O2. The van der Waals surface area contributed by atoms with Crippen molar-refractivity contribution < 1.29 is 13.9 Å². The second-order valence-electron chi connectivity index (χ2n) is 6.74. The average Bonchev–Trinajstić information content (AvgIpc) is 2.68. The van der Waals surface area contributed by atoms with Crippen molar-refractivity contribution in [2.24, 2.45) is 0 Å². The molecule has 1 saturated heterocycles. The fourth-order valence-electron chi connectivity index (χ4n) is 3.20. The summed E-state index contributed by atoms with van der Waals surface area (Å²) in [4.78, 5) is 16.6. The summed E-state index contributed by atoms with van der Waals surface area (Å²) in [5.41, 5.74) is 2.06. The van der Waals surface area contributed by atoms with Gasteiger partial charge in [-0.1, -0.05) is 42.5 Å². The van der Waals surface area contributed by atoms with E-state index in [0.29, 0.717) is 19.7 Å². The zero-order valence-electron chi connectivity index (χ0n) is 15.3. The second-order valence-corrected chi connectivity index (χ2v) is 6.74. The third-order valence-electron chi connectivity index (χ3n) is 5.01. The number of morpholine rings is 1. The molecule has 0 aromatic heterocycles. The molecular weight excluding hydrogens is 331 g/mol. The quantitative estimate of drug-likeness (QED) is 0.823. The van der Waals surface area contributed by atoms with Crippen LogP contribution in [-0.4, -0.2) is 49.0 Å². The fourth-order valence-corrected chi connectivity index (χ4v) is 3.20. The molecule has 0 aliphatic carbocycles. The third kappa shape index (κ3) is 4.48. The Kier molecular flexibility index (Phi) is 6.01. The van der Waals surface area contributed by atoms with Crippen molar-refractivity contribution >= 4 is 5.91 Å². The van der Waals surface area contributed by atoms with E-state index in [1.807, 2.05) is 44.3 Å². The zero-order valence-corrected chi connectivity index (χ0v) is 15.3. The van der Waals surface area contributed by atoms with Gasteiger partial charge >= 0.3 is 0 Å². The minimum atomic E-state index is -0.256. The number of rotatable bonds is 5. The number of carbonyl (C=O) groups excluding carboxylic acids is 1. The molecule has 2 unspecified atom stereocenters. The van der Waals surface area contributed by atoms with Gasteiger partial charge in [0, 0.05) is 20.1 Å². The van der Waals surface area contributed by atoms with Gasteiger partial charge in [0.2, 0.25) is 5.91 Å². The molecule has 1 aliphatic heterocycles. The molecule has 5 heteroatoms. The molecule has 0 N–H and O–H groups in total. The van der Waals surface area contributed by atoms with E-state index in [1.54, 1.807) is 17.0 Å². The number of hydrogen-bond donors (Lipinski definition) is 0. The summed E-state index contributed by atoms with van der Waals surface area (Å²) in [5, 5.41) is 0. The average molecular weight is 356 g/mol. The SMILES string of the molecule is CC(c1ccccc1)N(C)C(=O)CN1CCOC(c2ccc(F)cc2)C1. The van der Waals surface area contributed by atoms with E-state index >= 15 is 0 Å². The molecule has 1 fully saturated rings.